The highest BCUT2D eigenvalue weighted by atomic mass is 35.5. The predicted molar refractivity (Wildman–Crippen MR) is 315 cm³/mol. The number of hydrogen-bond acceptors (Lipinski definition) is 13. The summed E-state index contributed by atoms with van der Waals surface area (Å²) in [5, 5.41) is 20.6. The van der Waals surface area contributed by atoms with Gasteiger partial charge in [-0.2, -0.15) is 0 Å². The topological polar surface area (TPSA) is 183 Å². The zero-order chi connectivity index (χ0) is 56.3. The van der Waals surface area contributed by atoms with Gasteiger partial charge >= 0.3 is 0 Å². The third-order valence-corrected chi connectivity index (χ3v) is 16.8. The van der Waals surface area contributed by atoms with Gasteiger partial charge in [0, 0.05) is 127 Å². The van der Waals surface area contributed by atoms with E-state index in [1.54, 1.807) is 6.20 Å². The maximum absolute atomic E-state index is 14.5. The van der Waals surface area contributed by atoms with E-state index >= 15 is 0 Å². The number of aromatic nitrogens is 3. The Labute approximate surface area is 477 Å². The third kappa shape index (κ3) is 15.0. The molecule has 3 fully saturated rings. The lowest BCUT2D eigenvalue weighted by Gasteiger charge is -2.39. The highest BCUT2D eigenvalue weighted by Gasteiger charge is 2.36. The molecule has 1 aliphatic carbocycles. The van der Waals surface area contributed by atoms with E-state index in [-0.39, 0.29) is 47.8 Å². The van der Waals surface area contributed by atoms with Crippen molar-refractivity contribution < 1.29 is 24.3 Å². The molecule has 426 valence electrons. The number of pyridine rings is 1. The second kappa shape index (κ2) is 27.4. The monoisotopic (exact) mass is 1110 g/mol. The van der Waals surface area contributed by atoms with E-state index < -0.39 is 12.0 Å². The number of piperidine rings is 1. The van der Waals surface area contributed by atoms with Gasteiger partial charge in [-0.25, -0.2) is 15.0 Å². The number of anilines is 2. The molecule has 17 nitrogen and oxygen atoms in total. The van der Waals surface area contributed by atoms with Crippen molar-refractivity contribution in [1.29, 1.82) is 0 Å². The van der Waals surface area contributed by atoms with Gasteiger partial charge in [-0.1, -0.05) is 91.7 Å². The Hall–Kier alpha value is -6.34. The van der Waals surface area contributed by atoms with E-state index in [9.17, 15) is 24.3 Å². The van der Waals surface area contributed by atoms with Gasteiger partial charge in [-0.3, -0.25) is 29.0 Å². The second-order valence-electron chi connectivity index (χ2n) is 22.6. The average molecular weight is 1110 g/mol. The van der Waals surface area contributed by atoms with Gasteiger partial charge in [-0.15, -0.1) is 0 Å². The fourth-order valence-electron chi connectivity index (χ4n) is 11.9. The number of fused-ring (bicyclic) bond motifs is 1. The van der Waals surface area contributed by atoms with Crippen LogP contribution >= 0.6 is 11.6 Å². The van der Waals surface area contributed by atoms with Crippen LogP contribution in [0.3, 0.4) is 0 Å². The zero-order valence-electron chi connectivity index (χ0n) is 47.4. The molecule has 5 aromatic rings. The summed E-state index contributed by atoms with van der Waals surface area (Å²) >= 11 is 6.33. The Kier molecular flexibility index (Phi) is 20.0. The van der Waals surface area contributed by atoms with E-state index in [4.69, 9.17) is 16.6 Å². The lowest BCUT2D eigenvalue weighted by molar-refractivity contribution is -0.134. The third-order valence-electron chi connectivity index (χ3n) is 16.6. The van der Waals surface area contributed by atoms with E-state index in [1.807, 2.05) is 77.4 Å². The van der Waals surface area contributed by atoms with Gasteiger partial charge in [-0.05, 0) is 98.7 Å². The van der Waals surface area contributed by atoms with Gasteiger partial charge < -0.3 is 40.7 Å². The molecule has 4 aliphatic rings. The summed E-state index contributed by atoms with van der Waals surface area (Å²) in [4.78, 5) is 82.3. The molecule has 18 heteroatoms. The van der Waals surface area contributed by atoms with Crippen LogP contribution in [-0.2, 0) is 27.3 Å². The Balaban J connectivity index is 0.718. The summed E-state index contributed by atoms with van der Waals surface area (Å²) in [6, 6.07) is 26.0. The van der Waals surface area contributed by atoms with E-state index in [0.29, 0.717) is 95.0 Å². The number of benzene rings is 3. The predicted octanol–water partition coefficient (Wildman–Crippen LogP) is 6.76. The van der Waals surface area contributed by atoms with Gasteiger partial charge in [0.1, 0.15) is 12.1 Å². The molecule has 5 heterocycles. The molecule has 0 bridgehead atoms. The summed E-state index contributed by atoms with van der Waals surface area (Å²) in [7, 11) is 0. The van der Waals surface area contributed by atoms with Crippen molar-refractivity contribution in [1.82, 2.24) is 50.1 Å². The number of rotatable bonds is 21. The fourth-order valence-corrected chi connectivity index (χ4v) is 12.0. The minimum atomic E-state index is -0.576. The van der Waals surface area contributed by atoms with Crippen LogP contribution in [0.1, 0.15) is 109 Å². The molecule has 0 saturated carbocycles. The van der Waals surface area contributed by atoms with Crippen molar-refractivity contribution in [3.63, 3.8) is 0 Å². The number of aliphatic hydroxyl groups is 1. The van der Waals surface area contributed by atoms with Crippen molar-refractivity contribution in [3.05, 3.63) is 136 Å². The molecule has 0 spiro atoms. The van der Waals surface area contributed by atoms with Crippen molar-refractivity contribution in [3.8, 4) is 11.1 Å². The quantitative estimate of drug-likeness (QED) is 0.0606. The maximum atomic E-state index is 14.5. The minimum absolute atomic E-state index is 0.00651. The van der Waals surface area contributed by atoms with E-state index in [1.165, 1.54) is 11.9 Å². The normalized spacial score (nSPS) is 18.6. The van der Waals surface area contributed by atoms with Crippen LogP contribution in [0.4, 0.5) is 11.5 Å². The van der Waals surface area contributed by atoms with Gasteiger partial charge in [0.05, 0.1) is 36.5 Å². The SMILES string of the molecule is CCc1cccc(-c2cnc(C(=O)N3CCC(CN4CCN(CC(=O)NCCN(C[C@@H](C(=O)N5CCN(c6ncnc7c6[C@H](C)C[C@H]7O)CC5)c5ccc(Cl)cc5)C(C)C)CC4)CC3)c(NC(=O)CNCc3cccc(C)c3)c2)c1. The number of carbonyl (C=O) groups is 4. The lowest BCUT2D eigenvalue weighted by Crippen LogP contribution is -2.52. The van der Waals surface area contributed by atoms with Crippen molar-refractivity contribution in [2.24, 2.45) is 5.92 Å². The minimum Gasteiger partial charge on any atom is -0.387 e. The first-order chi connectivity index (χ1) is 38.7. The number of carbonyl (C=O) groups excluding carboxylic acids is 4. The first-order valence-electron chi connectivity index (χ1n) is 28.9. The standard InChI is InChI=1S/C62H81ClN12O5/c1-6-45-10-8-12-49(33-45)50-34-53(69-55(77)37-64-35-47-11-7-9-43(4)31-47)58(66-36-50)62(80)73-20-17-46(18-21-73)38-70-23-25-71(26-24-70)40-56(78)65-19-22-75(42(2)3)39-52(48-13-15-51(63)16-14-48)61(79)74-29-27-72(28-30-74)60-57-44(5)32-54(76)59(57)67-41-68-60/h7-16,31,33-34,36,41-42,44,46,52,54,64,76H,6,17-30,32,35,37-40H2,1-5H3,(H,65,78)(H,69,77)/t44-,52-,54-/m1/s1. The summed E-state index contributed by atoms with van der Waals surface area (Å²) in [5.41, 5.74) is 8.57. The van der Waals surface area contributed by atoms with Crippen molar-refractivity contribution in [2.75, 3.05) is 115 Å². The summed E-state index contributed by atoms with van der Waals surface area (Å²) in [5.74, 6) is 0.683. The lowest BCUT2D eigenvalue weighted by atomic mass is 9.95. The number of amides is 4. The van der Waals surface area contributed by atoms with Crippen molar-refractivity contribution >= 4 is 46.7 Å². The molecule has 80 heavy (non-hydrogen) atoms. The van der Waals surface area contributed by atoms with Crippen LogP contribution in [0, 0.1) is 12.8 Å². The maximum Gasteiger partial charge on any atom is 0.274 e. The van der Waals surface area contributed by atoms with E-state index in [2.05, 4.69) is 91.4 Å². The van der Waals surface area contributed by atoms with Crippen LogP contribution in [0.25, 0.3) is 11.1 Å². The first kappa shape index (κ1) is 58.3. The molecule has 4 amide bonds. The smallest absolute Gasteiger partial charge is 0.274 e. The number of piperazine rings is 2. The fraction of sp³-hybridized carbons (Fsp3) is 0.500. The Bertz CT molecular complexity index is 2920. The summed E-state index contributed by atoms with van der Waals surface area (Å²) in [6.07, 6.45) is 5.98. The number of halogens is 1. The van der Waals surface area contributed by atoms with Gasteiger partial charge in [0.15, 0.2) is 5.69 Å². The number of hydrogen-bond donors (Lipinski definition) is 4. The summed E-state index contributed by atoms with van der Waals surface area (Å²) < 4.78 is 0. The molecule has 0 unspecified atom stereocenters. The Morgan fingerprint density at radius 3 is 2.25 bits per heavy atom. The summed E-state index contributed by atoms with van der Waals surface area (Å²) in [6.45, 7) is 20.9. The highest BCUT2D eigenvalue weighted by molar-refractivity contribution is 6.30. The van der Waals surface area contributed by atoms with Gasteiger partial charge in [0.2, 0.25) is 17.7 Å². The molecular weight excluding hydrogens is 1030 g/mol. The van der Waals surface area contributed by atoms with Crippen LogP contribution in [0.5, 0.6) is 0 Å². The molecule has 2 aromatic heterocycles. The molecule has 3 saturated heterocycles. The molecule has 0 radical (unpaired) electrons. The van der Waals surface area contributed by atoms with Crippen LogP contribution < -0.4 is 20.9 Å². The van der Waals surface area contributed by atoms with Gasteiger partial charge in [0.25, 0.3) is 5.91 Å². The largest absolute Gasteiger partial charge is 0.387 e. The van der Waals surface area contributed by atoms with Crippen LogP contribution in [-0.4, -0.2) is 179 Å². The average Bonchev–Trinajstić information content (AvgIpc) is 3.78. The van der Waals surface area contributed by atoms with Crippen molar-refractivity contribution in [2.45, 2.75) is 90.8 Å². The highest BCUT2D eigenvalue weighted by Crippen LogP contribution is 2.43. The second-order valence-corrected chi connectivity index (χ2v) is 23.1. The molecule has 9 rings (SSSR count). The molecule has 4 N–H and O–H groups in total. The zero-order valence-corrected chi connectivity index (χ0v) is 48.1. The number of nitrogens with one attached hydrogen (secondary N) is 3. The number of aryl methyl sites for hydroxylation is 2. The Morgan fingerprint density at radius 2 is 1.52 bits per heavy atom. The molecule has 3 aliphatic heterocycles. The number of nitrogens with zero attached hydrogens (tertiary/aromatic N) is 9. The Morgan fingerprint density at radius 1 is 0.800 bits per heavy atom. The van der Waals surface area contributed by atoms with E-state index in [0.717, 1.165) is 96.9 Å². The molecular formula is C62H81ClN12O5. The number of aliphatic hydroxyl groups excluding tert-OH is 1. The first-order valence-corrected chi connectivity index (χ1v) is 29.3. The van der Waals surface area contributed by atoms with Crippen LogP contribution in [0.15, 0.2) is 91.4 Å². The van der Waals surface area contributed by atoms with Crippen LogP contribution in [0.2, 0.25) is 5.02 Å². The molecule has 3 aromatic carbocycles. The number of likely N-dealkylation sites (tertiary alicyclic amines) is 1. The molecule has 3 atom stereocenters.